The fourth-order valence-corrected chi connectivity index (χ4v) is 4.30. The van der Waals surface area contributed by atoms with Gasteiger partial charge in [-0.25, -0.2) is 4.39 Å². The molecule has 7 nitrogen and oxygen atoms in total. The van der Waals surface area contributed by atoms with Gasteiger partial charge in [0.2, 0.25) is 0 Å². The number of methoxy groups -OCH3 is 2. The third-order valence-electron chi connectivity index (χ3n) is 4.85. The molecule has 0 spiro atoms. The molecule has 1 amide bonds. The predicted octanol–water partition coefficient (Wildman–Crippen LogP) is 4.54. The molecular weight excluding hydrogens is 485 g/mol. The van der Waals surface area contributed by atoms with Gasteiger partial charge in [0.05, 0.1) is 24.3 Å². The van der Waals surface area contributed by atoms with Crippen molar-refractivity contribution < 1.29 is 31.3 Å². The summed E-state index contributed by atoms with van der Waals surface area (Å²) in [6, 6.07) is 16.2. The van der Waals surface area contributed by atoms with E-state index in [1.54, 1.807) is 36.4 Å². The number of amides is 1. The maximum atomic E-state index is 14.0. The Kier molecular flexibility index (Phi) is 8.49. The molecule has 180 valence electrons. The summed E-state index contributed by atoms with van der Waals surface area (Å²) in [5.74, 6) is -1.19. The highest BCUT2D eigenvalue weighted by atomic mass is 35.5. The van der Waals surface area contributed by atoms with Crippen LogP contribution in [0.5, 0.6) is 11.5 Å². The third-order valence-corrected chi connectivity index (χ3v) is 6.42. The van der Waals surface area contributed by atoms with Crippen LogP contribution in [0.15, 0.2) is 71.6 Å². The Morgan fingerprint density at radius 1 is 1.03 bits per heavy atom. The predicted molar refractivity (Wildman–Crippen MR) is 125 cm³/mol. The zero-order valence-corrected chi connectivity index (χ0v) is 20.1. The van der Waals surface area contributed by atoms with Gasteiger partial charge in [-0.1, -0.05) is 35.9 Å². The Morgan fingerprint density at radius 2 is 1.79 bits per heavy atom. The molecule has 0 radical (unpaired) electrons. The van der Waals surface area contributed by atoms with Crippen LogP contribution >= 0.6 is 11.6 Å². The van der Waals surface area contributed by atoms with Crippen LogP contribution in [-0.4, -0.2) is 46.6 Å². The molecule has 0 saturated carbocycles. The smallest absolute Gasteiger partial charge is 0.339 e. The van der Waals surface area contributed by atoms with E-state index in [0.717, 1.165) is 6.07 Å². The Hall–Kier alpha value is -3.14. The highest BCUT2D eigenvalue weighted by Gasteiger charge is 2.21. The highest BCUT2D eigenvalue weighted by Crippen LogP contribution is 2.25. The fraction of sp³-hybridized carbons (Fsp3) is 0.208. The van der Waals surface area contributed by atoms with Crippen molar-refractivity contribution in [1.82, 2.24) is 4.90 Å². The molecule has 10 heteroatoms. The zero-order chi connectivity index (χ0) is 24.7. The number of carbonyl (C=O) groups excluding carboxylic acids is 1. The standard InChI is InChI=1S/C24H23ClFNO6S/c1-31-13-12-27(24(28)20-8-3-4-9-21(20)25)16-17-6-5-7-18(14-17)33-34(29,30)19-10-11-23(32-2)22(26)15-19/h3-11,14-15H,12-13,16H2,1-2H3. The van der Waals surface area contributed by atoms with E-state index >= 15 is 0 Å². The monoisotopic (exact) mass is 507 g/mol. The van der Waals surface area contributed by atoms with E-state index in [4.69, 9.17) is 25.3 Å². The van der Waals surface area contributed by atoms with Crippen molar-refractivity contribution >= 4 is 27.6 Å². The second-order valence-electron chi connectivity index (χ2n) is 7.18. The summed E-state index contributed by atoms with van der Waals surface area (Å²) < 4.78 is 54.4. The Bertz CT molecular complexity index is 1270. The van der Waals surface area contributed by atoms with Crippen molar-refractivity contribution in [2.45, 2.75) is 11.4 Å². The molecule has 0 fully saturated rings. The summed E-state index contributed by atoms with van der Waals surface area (Å²) in [7, 11) is -1.49. The van der Waals surface area contributed by atoms with E-state index in [1.807, 2.05) is 0 Å². The minimum atomic E-state index is -4.30. The quantitative estimate of drug-likeness (QED) is 0.375. The van der Waals surface area contributed by atoms with Crippen molar-refractivity contribution in [3.63, 3.8) is 0 Å². The first kappa shape index (κ1) is 25.5. The molecule has 3 rings (SSSR count). The van der Waals surface area contributed by atoms with E-state index in [2.05, 4.69) is 0 Å². The van der Waals surface area contributed by atoms with Crippen LogP contribution in [-0.2, 0) is 21.4 Å². The number of hydrogen-bond donors (Lipinski definition) is 0. The molecule has 0 saturated heterocycles. The molecule has 0 N–H and O–H groups in total. The topological polar surface area (TPSA) is 82.1 Å². The average Bonchev–Trinajstić information content (AvgIpc) is 2.81. The highest BCUT2D eigenvalue weighted by molar-refractivity contribution is 7.87. The summed E-state index contributed by atoms with van der Waals surface area (Å²) in [4.78, 5) is 14.3. The molecule has 0 aliphatic rings. The van der Waals surface area contributed by atoms with E-state index in [-0.39, 0.29) is 35.4 Å². The van der Waals surface area contributed by atoms with Crippen molar-refractivity contribution in [1.29, 1.82) is 0 Å². The van der Waals surface area contributed by atoms with E-state index in [0.29, 0.717) is 22.8 Å². The van der Waals surface area contributed by atoms with Gasteiger partial charge in [-0.15, -0.1) is 0 Å². The minimum Gasteiger partial charge on any atom is -0.494 e. The molecular formula is C24H23ClFNO6S. The van der Waals surface area contributed by atoms with Gasteiger partial charge in [0, 0.05) is 20.2 Å². The van der Waals surface area contributed by atoms with Crippen LogP contribution in [0.2, 0.25) is 5.02 Å². The minimum absolute atomic E-state index is 0.0191. The molecule has 0 unspecified atom stereocenters. The fourth-order valence-electron chi connectivity index (χ4n) is 3.15. The SMILES string of the molecule is COCCN(Cc1cccc(OS(=O)(=O)c2ccc(OC)c(F)c2)c1)C(=O)c1ccccc1Cl. The van der Waals surface area contributed by atoms with Crippen molar-refractivity contribution in [3.05, 3.63) is 88.7 Å². The van der Waals surface area contributed by atoms with E-state index in [1.165, 1.54) is 43.4 Å². The molecule has 0 aliphatic heterocycles. The van der Waals surface area contributed by atoms with Gasteiger partial charge in [-0.2, -0.15) is 8.42 Å². The van der Waals surface area contributed by atoms with Gasteiger partial charge in [0.1, 0.15) is 10.6 Å². The lowest BCUT2D eigenvalue weighted by Gasteiger charge is -2.23. The van der Waals surface area contributed by atoms with Crippen LogP contribution in [0.3, 0.4) is 0 Å². The number of ether oxygens (including phenoxy) is 2. The van der Waals surface area contributed by atoms with Crippen molar-refractivity contribution in [2.75, 3.05) is 27.4 Å². The average molecular weight is 508 g/mol. The third kappa shape index (κ3) is 6.25. The normalized spacial score (nSPS) is 11.2. The number of carbonyl (C=O) groups is 1. The largest absolute Gasteiger partial charge is 0.494 e. The number of hydrogen-bond acceptors (Lipinski definition) is 6. The lowest BCUT2D eigenvalue weighted by atomic mass is 10.1. The van der Waals surface area contributed by atoms with Crippen LogP contribution in [0, 0.1) is 5.82 Å². The molecule has 0 aliphatic carbocycles. The summed E-state index contributed by atoms with van der Waals surface area (Å²) >= 11 is 6.19. The summed E-state index contributed by atoms with van der Waals surface area (Å²) in [5.41, 5.74) is 0.960. The summed E-state index contributed by atoms with van der Waals surface area (Å²) in [6.45, 7) is 0.737. The van der Waals surface area contributed by atoms with Gasteiger partial charge >= 0.3 is 10.1 Å². The van der Waals surface area contributed by atoms with Crippen LogP contribution in [0.4, 0.5) is 4.39 Å². The zero-order valence-electron chi connectivity index (χ0n) is 18.5. The molecule has 34 heavy (non-hydrogen) atoms. The van der Waals surface area contributed by atoms with Crippen molar-refractivity contribution in [2.24, 2.45) is 0 Å². The maximum absolute atomic E-state index is 14.0. The molecule has 0 heterocycles. The van der Waals surface area contributed by atoms with E-state index < -0.39 is 15.9 Å². The first-order valence-corrected chi connectivity index (χ1v) is 11.9. The van der Waals surface area contributed by atoms with Crippen LogP contribution in [0.25, 0.3) is 0 Å². The molecule has 3 aromatic rings. The first-order chi connectivity index (χ1) is 16.2. The second-order valence-corrected chi connectivity index (χ2v) is 9.13. The van der Waals surface area contributed by atoms with Crippen molar-refractivity contribution in [3.8, 4) is 11.5 Å². The Balaban J connectivity index is 1.82. The molecule has 3 aromatic carbocycles. The maximum Gasteiger partial charge on any atom is 0.339 e. The number of halogens is 2. The molecule has 0 aromatic heterocycles. The molecule has 0 bridgehead atoms. The first-order valence-electron chi connectivity index (χ1n) is 10.1. The van der Waals surface area contributed by atoms with Gasteiger partial charge in [0.15, 0.2) is 11.6 Å². The van der Waals surface area contributed by atoms with Crippen LogP contribution < -0.4 is 8.92 Å². The van der Waals surface area contributed by atoms with Gasteiger partial charge in [-0.3, -0.25) is 4.79 Å². The number of nitrogens with zero attached hydrogens (tertiary/aromatic N) is 1. The Labute approximate surface area is 202 Å². The number of rotatable bonds is 10. The summed E-state index contributed by atoms with van der Waals surface area (Å²) in [6.07, 6.45) is 0. The van der Waals surface area contributed by atoms with Gasteiger partial charge in [-0.05, 0) is 48.0 Å². The second kappa shape index (κ2) is 11.3. The van der Waals surface area contributed by atoms with Crippen LogP contribution in [0.1, 0.15) is 15.9 Å². The van der Waals surface area contributed by atoms with Gasteiger partial charge in [0.25, 0.3) is 5.91 Å². The molecule has 0 atom stereocenters. The lowest BCUT2D eigenvalue weighted by molar-refractivity contribution is 0.0680. The van der Waals surface area contributed by atoms with Gasteiger partial charge < -0.3 is 18.6 Å². The Morgan fingerprint density at radius 3 is 2.47 bits per heavy atom. The lowest BCUT2D eigenvalue weighted by Crippen LogP contribution is -2.33. The summed E-state index contributed by atoms with van der Waals surface area (Å²) in [5, 5.41) is 0.324. The van der Waals surface area contributed by atoms with E-state index in [9.17, 15) is 17.6 Å². The number of benzene rings is 3.